The Balaban J connectivity index is 0.000000450. The second-order valence-electron chi connectivity index (χ2n) is 35.5. The zero-order chi connectivity index (χ0) is 107. The van der Waals surface area contributed by atoms with E-state index >= 15 is 0 Å². The summed E-state index contributed by atoms with van der Waals surface area (Å²) >= 11 is 0. The summed E-state index contributed by atoms with van der Waals surface area (Å²) in [6.45, 7) is 16.1. The zero-order valence-corrected chi connectivity index (χ0v) is 83.6. The van der Waals surface area contributed by atoms with Gasteiger partial charge in [-0.1, -0.05) is 0 Å². The molecule has 30 atom stereocenters. The number of nitrogens with zero attached hydrogens (tertiary/aromatic N) is 3. The predicted molar refractivity (Wildman–Crippen MR) is 497 cm³/mol. The van der Waals surface area contributed by atoms with E-state index in [0.29, 0.717) is 58.2 Å². The second-order valence-corrected chi connectivity index (χ2v) is 35.5. The quantitative estimate of drug-likeness (QED) is 0.0251. The minimum Gasteiger partial charge on any atom is -0.388 e. The number of ether oxygens (including phenoxy) is 12. The van der Waals surface area contributed by atoms with E-state index in [1.165, 1.54) is 56.2 Å². The van der Waals surface area contributed by atoms with E-state index in [4.69, 9.17) is 56.8 Å². The smallest absolute Gasteiger partial charge is 0.222 e. The highest BCUT2D eigenvalue weighted by Gasteiger charge is 2.48. The number of amides is 12. The number of nitrogens with one attached hydrogen (secondary N) is 9. The van der Waals surface area contributed by atoms with Gasteiger partial charge in [-0.15, -0.1) is 0 Å². The fourth-order valence-corrected chi connectivity index (χ4v) is 15.1. The van der Waals surface area contributed by atoms with Crippen LogP contribution in [0.15, 0.2) is 0 Å². The van der Waals surface area contributed by atoms with Gasteiger partial charge in [-0.25, -0.2) is 0 Å². The van der Waals surface area contributed by atoms with Gasteiger partial charge in [0.25, 0.3) is 0 Å². The molecule has 0 spiro atoms. The lowest BCUT2D eigenvalue weighted by atomic mass is 10.0. The number of unbranched alkanes of at least 4 members (excludes halogenated alkanes) is 3. The second kappa shape index (κ2) is 69.7. The van der Waals surface area contributed by atoms with Crippen LogP contribution in [0.5, 0.6) is 0 Å². The summed E-state index contributed by atoms with van der Waals surface area (Å²) in [6.07, 6.45) is -33.3. The molecule has 834 valence electrons. The minimum atomic E-state index is -1.47. The lowest BCUT2D eigenvalue weighted by Gasteiger charge is -2.38. The van der Waals surface area contributed by atoms with Crippen molar-refractivity contribution in [3.63, 3.8) is 0 Å². The van der Waals surface area contributed by atoms with Crippen molar-refractivity contribution in [3.8, 4) is 0 Å². The van der Waals surface area contributed by atoms with Crippen LogP contribution in [0.1, 0.15) is 178 Å². The summed E-state index contributed by atoms with van der Waals surface area (Å²) in [5.41, 5.74) is 0. The number of carbonyl (C=O) groups excluding carboxylic acids is 12. The summed E-state index contributed by atoms with van der Waals surface area (Å²) in [7, 11) is 0. The van der Waals surface area contributed by atoms with Gasteiger partial charge < -0.3 is 211 Å². The van der Waals surface area contributed by atoms with Crippen LogP contribution in [0.2, 0.25) is 0 Å². The Hall–Kier alpha value is -7.56. The van der Waals surface area contributed by atoms with E-state index in [1.807, 2.05) is 20.8 Å². The molecule has 6 aliphatic rings. The highest BCUT2D eigenvalue weighted by atomic mass is 16.7. The first-order chi connectivity index (χ1) is 68.3. The van der Waals surface area contributed by atoms with Crippen molar-refractivity contribution in [1.29, 1.82) is 0 Å². The fraction of sp³-hybridized carbons (Fsp3) is 0.867. The maximum Gasteiger partial charge on any atom is 0.222 e. The summed E-state index contributed by atoms with van der Waals surface area (Å²) in [5.74, 6) is -3.57. The summed E-state index contributed by atoms with van der Waals surface area (Å²) < 4.78 is 64.5. The van der Waals surface area contributed by atoms with Crippen LogP contribution in [0.3, 0.4) is 0 Å². The highest BCUT2D eigenvalue weighted by Crippen LogP contribution is 2.28. The third-order valence-electron chi connectivity index (χ3n) is 24.1. The lowest BCUT2D eigenvalue weighted by Crippen LogP contribution is -2.57. The van der Waals surface area contributed by atoms with E-state index < -0.39 is 220 Å². The Kier molecular flexibility index (Phi) is 62.3. The molecule has 6 aliphatic heterocycles. The van der Waals surface area contributed by atoms with Gasteiger partial charge in [0.15, 0.2) is 37.7 Å². The first kappa shape index (κ1) is 129. The zero-order valence-electron chi connectivity index (χ0n) is 83.6. The van der Waals surface area contributed by atoms with Gasteiger partial charge in [0.2, 0.25) is 70.9 Å². The van der Waals surface area contributed by atoms with E-state index in [0.717, 1.165) is 0 Å². The Morgan fingerprint density at radius 1 is 0.201 bits per heavy atom. The molecule has 6 rings (SSSR count). The van der Waals surface area contributed by atoms with E-state index in [-0.39, 0.29) is 231 Å². The van der Waals surface area contributed by atoms with Gasteiger partial charge in [0, 0.05) is 175 Å². The third-order valence-corrected chi connectivity index (χ3v) is 24.1. The van der Waals surface area contributed by atoms with Crippen molar-refractivity contribution in [2.75, 3.05) is 138 Å². The molecule has 0 aliphatic carbocycles. The molecule has 27 N–H and O–H groups in total. The Morgan fingerprint density at radius 3 is 0.486 bits per heavy atom. The third kappa shape index (κ3) is 46.7. The fourth-order valence-electron chi connectivity index (χ4n) is 15.1. The molecule has 6 heterocycles. The molecule has 144 heavy (non-hydrogen) atoms. The maximum absolute atomic E-state index is 13.0. The molecule has 0 aromatic carbocycles. The average Bonchev–Trinajstić information content (AvgIpc) is 0.846. The number of hydrogen-bond donors (Lipinski definition) is 27. The van der Waals surface area contributed by atoms with E-state index in [2.05, 4.69) is 47.9 Å². The van der Waals surface area contributed by atoms with Crippen LogP contribution in [0, 0.1) is 0 Å². The number of hydrogen-bond acceptors (Lipinski definition) is 42. The molecule has 54 heteroatoms. The molecule has 0 aromatic heterocycles. The molecule has 0 aromatic rings. The molecule has 54 nitrogen and oxygen atoms in total. The van der Waals surface area contributed by atoms with Crippen molar-refractivity contribution in [1.82, 2.24) is 62.6 Å². The molecular weight excluding hydrogens is 1920 g/mol. The number of aliphatic hydroxyl groups excluding tert-OH is 18. The Labute approximate surface area is 836 Å². The summed E-state index contributed by atoms with van der Waals surface area (Å²) in [5, 5.41) is 202. The SMILES string of the molecule is CCNC(=O)CCCCC(=O)N(CCC(=O)NCCO[C@@H]1O[C@@H](C)[C@@H](O)[C@@H](O)[C@@H]1O)CCC(=O)NCCO[C@@H]1O[C@@H](C)[C@@H](O)[C@@H](O)[C@@H]1O.CCNC(=O)CCCCC(=O)N(CCC(=O)NCCO[C@@H]1O[C@@H](C)[C@@H](O)[C@@H](O)[C@@H]1O)CCC(=O)NCCO[C@@H]1O[C@@H](C)[C@@H](O)[C@@H](O)[C@@H]1O.CCNC(=O)CCCCC(=O)N(CCC(=O)NCCO[C@@H]1O[C@@H](C)[C@@H](O)[C@@H](O)[C@@H]1O)CCC(=O)NCCO[C@@H]1O[C@@H](C)[C@@H](O)[C@@H](O)[C@@H]1O. The summed E-state index contributed by atoms with van der Waals surface area (Å²) in [6, 6.07) is 0. The molecule has 6 saturated heterocycles. The Bertz CT molecular complexity index is 3220. The van der Waals surface area contributed by atoms with Crippen molar-refractivity contribution in [2.24, 2.45) is 0 Å². The van der Waals surface area contributed by atoms with E-state index in [1.54, 1.807) is 0 Å². The van der Waals surface area contributed by atoms with Crippen LogP contribution >= 0.6 is 0 Å². The van der Waals surface area contributed by atoms with Crippen LogP contribution in [0.4, 0.5) is 0 Å². The lowest BCUT2D eigenvalue weighted by molar-refractivity contribution is -0.292. The minimum absolute atomic E-state index is 0.0214. The van der Waals surface area contributed by atoms with Crippen molar-refractivity contribution in [3.05, 3.63) is 0 Å². The van der Waals surface area contributed by atoms with Crippen LogP contribution in [-0.4, -0.2) is 500 Å². The number of aliphatic hydroxyl groups is 18. The van der Waals surface area contributed by atoms with Gasteiger partial charge in [-0.2, -0.15) is 0 Å². The molecule has 0 saturated carbocycles. The van der Waals surface area contributed by atoms with Crippen molar-refractivity contribution < 1.29 is 206 Å². The number of rotatable bonds is 60. The Morgan fingerprint density at radius 2 is 0.340 bits per heavy atom. The first-order valence-electron chi connectivity index (χ1n) is 49.4. The molecule has 0 radical (unpaired) electrons. The van der Waals surface area contributed by atoms with Gasteiger partial charge >= 0.3 is 0 Å². The van der Waals surface area contributed by atoms with E-state index in [9.17, 15) is 149 Å². The summed E-state index contributed by atoms with van der Waals surface area (Å²) in [4.78, 5) is 153. The topological polar surface area (TPSA) is 798 Å². The van der Waals surface area contributed by atoms with Crippen LogP contribution in [0.25, 0.3) is 0 Å². The van der Waals surface area contributed by atoms with Crippen molar-refractivity contribution >= 4 is 70.9 Å². The highest BCUT2D eigenvalue weighted by molar-refractivity contribution is 5.83. The molecule has 0 unspecified atom stereocenters. The molecular formula is C90H162N12O42. The normalized spacial score (nSPS) is 30.4. The van der Waals surface area contributed by atoms with Crippen LogP contribution in [-0.2, 0) is 114 Å². The monoisotopic (exact) mass is 2080 g/mol. The molecule has 6 fully saturated rings. The van der Waals surface area contributed by atoms with Gasteiger partial charge in [0.1, 0.15) is 110 Å². The number of carbonyl (C=O) groups is 12. The van der Waals surface area contributed by atoms with Gasteiger partial charge in [-0.05, 0) is 101 Å². The van der Waals surface area contributed by atoms with Gasteiger partial charge in [0.05, 0.1) is 76.3 Å². The molecule has 12 amide bonds. The standard InChI is InChI=1S/3C30H54N4O14/c3*1-4-31-19(35)7-5-6-8-22(38)34(13-9-20(36)32-11-15-45-29-27(43)25(41)23(39)17(2)47-29)14-10-21(37)33-12-16-46-30-28(44)26(42)24(40)18(3)48-30/h3*17-18,23-30,39-44H,4-16H2,1-3H3,(H,31,35)(H,32,36)(H,33,37)/t3*17-,18-,23+,24+,25+,26+,27-,28-,29+,30+/m000/s1. The van der Waals surface area contributed by atoms with Crippen LogP contribution < -0.4 is 47.9 Å². The molecule has 0 bridgehead atoms. The van der Waals surface area contributed by atoms with Gasteiger partial charge in [-0.3, -0.25) is 57.5 Å². The average molecular weight is 2080 g/mol. The maximum atomic E-state index is 13.0. The largest absolute Gasteiger partial charge is 0.388 e. The first-order valence-corrected chi connectivity index (χ1v) is 49.4. The van der Waals surface area contributed by atoms with Crippen molar-refractivity contribution in [2.45, 2.75) is 362 Å². The predicted octanol–water partition coefficient (Wildman–Crippen LogP) is -11.4.